The van der Waals surface area contributed by atoms with Gasteiger partial charge < -0.3 is 16.0 Å². The van der Waals surface area contributed by atoms with Crippen LogP contribution in [0.5, 0.6) is 0 Å². The van der Waals surface area contributed by atoms with Crippen LogP contribution in [0.1, 0.15) is 24.1 Å². The van der Waals surface area contributed by atoms with Crippen molar-refractivity contribution in [2.24, 2.45) is 0 Å². The van der Waals surface area contributed by atoms with E-state index in [1.54, 1.807) is 0 Å². The highest BCUT2D eigenvalue weighted by atomic mass is 16.2. The van der Waals surface area contributed by atoms with Crippen LogP contribution in [-0.2, 0) is 4.79 Å². The van der Waals surface area contributed by atoms with Crippen molar-refractivity contribution >= 4 is 17.6 Å². The summed E-state index contributed by atoms with van der Waals surface area (Å²) in [4.78, 5) is 23.9. The van der Waals surface area contributed by atoms with Gasteiger partial charge in [-0.1, -0.05) is 35.9 Å². The zero-order valence-electron chi connectivity index (χ0n) is 13.1. The highest BCUT2D eigenvalue weighted by Gasteiger charge is 2.31. The number of amides is 3. The lowest BCUT2D eigenvalue weighted by Crippen LogP contribution is -2.40. The lowest BCUT2D eigenvalue weighted by molar-refractivity contribution is -0.117. The van der Waals surface area contributed by atoms with Gasteiger partial charge in [-0.05, 0) is 37.1 Å². The van der Waals surface area contributed by atoms with Crippen LogP contribution in [0.3, 0.4) is 0 Å². The highest BCUT2D eigenvalue weighted by Crippen LogP contribution is 2.34. The summed E-state index contributed by atoms with van der Waals surface area (Å²) in [6.07, 6.45) is 0. The number of carbonyl (C=O) groups is 2. The SMILES string of the molecule is CCNC(=O)N[C@@H]1C(=O)Nc2ccc(-c3ccc(C)cc3)cc21. The van der Waals surface area contributed by atoms with Gasteiger partial charge in [0.25, 0.3) is 5.91 Å². The topological polar surface area (TPSA) is 70.2 Å². The van der Waals surface area contributed by atoms with E-state index in [0.717, 1.165) is 22.4 Å². The van der Waals surface area contributed by atoms with Crippen LogP contribution >= 0.6 is 0 Å². The number of benzene rings is 2. The Labute approximate surface area is 135 Å². The largest absolute Gasteiger partial charge is 0.338 e. The number of urea groups is 1. The summed E-state index contributed by atoms with van der Waals surface area (Å²) in [6, 6.07) is 13.0. The van der Waals surface area contributed by atoms with Crippen molar-refractivity contribution in [3.05, 3.63) is 53.6 Å². The normalized spacial score (nSPS) is 15.7. The van der Waals surface area contributed by atoms with E-state index in [0.29, 0.717) is 6.54 Å². The average molecular weight is 309 g/mol. The van der Waals surface area contributed by atoms with Crippen molar-refractivity contribution in [1.82, 2.24) is 10.6 Å². The van der Waals surface area contributed by atoms with Crippen molar-refractivity contribution < 1.29 is 9.59 Å². The summed E-state index contributed by atoms with van der Waals surface area (Å²) in [5.41, 5.74) is 4.83. The molecular formula is C18H19N3O2. The first-order valence-electron chi connectivity index (χ1n) is 7.64. The summed E-state index contributed by atoms with van der Waals surface area (Å²) in [7, 11) is 0. The third kappa shape index (κ3) is 3.04. The van der Waals surface area contributed by atoms with E-state index < -0.39 is 6.04 Å². The molecule has 5 nitrogen and oxygen atoms in total. The molecule has 0 bridgehead atoms. The molecule has 1 heterocycles. The van der Waals surface area contributed by atoms with Crippen LogP contribution in [0.2, 0.25) is 0 Å². The predicted octanol–water partition coefficient (Wildman–Crippen LogP) is 2.97. The molecule has 0 spiro atoms. The van der Waals surface area contributed by atoms with Gasteiger partial charge in [0.15, 0.2) is 0 Å². The van der Waals surface area contributed by atoms with Crippen molar-refractivity contribution in [3.8, 4) is 11.1 Å². The van der Waals surface area contributed by atoms with E-state index in [9.17, 15) is 9.59 Å². The molecule has 0 unspecified atom stereocenters. The standard InChI is InChI=1S/C18H19N3O2/c1-3-19-18(23)21-16-14-10-13(8-9-15(14)20-17(16)22)12-6-4-11(2)5-7-12/h4-10,16H,3H2,1-2H3,(H,20,22)(H2,19,21,23)/t16-/m0/s1. The van der Waals surface area contributed by atoms with Gasteiger partial charge in [-0.3, -0.25) is 4.79 Å². The van der Waals surface area contributed by atoms with E-state index in [1.165, 1.54) is 5.56 Å². The van der Waals surface area contributed by atoms with Gasteiger partial charge in [0, 0.05) is 17.8 Å². The van der Waals surface area contributed by atoms with Crippen LogP contribution in [0, 0.1) is 6.92 Å². The molecule has 2 aromatic rings. The maximum absolute atomic E-state index is 12.1. The Hall–Kier alpha value is -2.82. The van der Waals surface area contributed by atoms with Gasteiger partial charge in [0.05, 0.1) is 0 Å². The van der Waals surface area contributed by atoms with E-state index in [-0.39, 0.29) is 11.9 Å². The molecule has 23 heavy (non-hydrogen) atoms. The molecule has 3 rings (SSSR count). The van der Waals surface area contributed by atoms with Gasteiger partial charge in [0.2, 0.25) is 0 Å². The number of rotatable bonds is 3. The third-order valence-electron chi connectivity index (χ3n) is 3.88. The van der Waals surface area contributed by atoms with E-state index >= 15 is 0 Å². The molecule has 3 amide bonds. The van der Waals surface area contributed by atoms with Crippen LogP contribution < -0.4 is 16.0 Å². The molecule has 2 aromatic carbocycles. The summed E-state index contributed by atoms with van der Waals surface area (Å²) >= 11 is 0. The minimum Gasteiger partial charge on any atom is -0.338 e. The summed E-state index contributed by atoms with van der Waals surface area (Å²) in [5.74, 6) is -0.215. The van der Waals surface area contributed by atoms with Crippen LogP contribution in [0.25, 0.3) is 11.1 Å². The fourth-order valence-electron chi connectivity index (χ4n) is 2.67. The number of nitrogens with one attached hydrogen (secondary N) is 3. The molecule has 0 aromatic heterocycles. The quantitative estimate of drug-likeness (QED) is 0.816. The van der Waals surface area contributed by atoms with E-state index in [2.05, 4.69) is 28.1 Å². The van der Waals surface area contributed by atoms with Crippen molar-refractivity contribution in [3.63, 3.8) is 0 Å². The molecule has 5 heteroatoms. The van der Waals surface area contributed by atoms with Crippen molar-refractivity contribution in [2.45, 2.75) is 19.9 Å². The molecule has 0 saturated heterocycles. The van der Waals surface area contributed by atoms with Gasteiger partial charge in [-0.15, -0.1) is 0 Å². The number of anilines is 1. The highest BCUT2D eigenvalue weighted by molar-refractivity contribution is 6.04. The molecule has 0 fully saturated rings. The Morgan fingerprint density at radius 3 is 2.52 bits per heavy atom. The molecule has 1 aliphatic rings. The Bertz CT molecular complexity index is 753. The van der Waals surface area contributed by atoms with Crippen LogP contribution in [-0.4, -0.2) is 18.5 Å². The lowest BCUT2D eigenvalue weighted by Gasteiger charge is -2.13. The first-order chi connectivity index (χ1) is 11.1. The Kier molecular flexibility index (Phi) is 4.02. The second kappa shape index (κ2) is 6.12. The maximum Gasteiger partial charge on any atom is 0.315 e. The second-order valence-electron chi connectivity index (χ2n) is 5.59. The second-order valence-corrected chi connectivity index (χ2v) is 5.59. The average Bonchev–Trinajstić information content (AvgIpc) is 2.84. The molecule has 1 atom stereocenters. The minimum absolute atomic E-state index is 0.215. The summed E-state index contributed by atoms with van der Waals surface area (Å²) in [5, 5.41) is 8.16. The number of aryl methyl sites for hydroxylation is 1. The molecular weight excluding hydrogens is 290 g/mol. The van der Waals surface area contributed by atoms with Gasteiger partial charge >= 0.3 is 6.03 Å². The van der Waals surface area contributed by atoms with Crippen molar-refractivity contribution in [1.29, 1.82) is 0 Å². The molecule has 0 aliphatic carbocycles. The van der Waals surface area contributed by atoms with Gasteiger partial charge in [-0.25, -0.2) is 4.79 Å². The zero-order chi connectivity index (χ0) is 16.4. The Morgan fingerprint density at radius 1 is 1.13 bits per heavy atom. The number of hydrogen-bond acceptors (Lipinski definition) is 2. The first kappa shape index (κ1) is 15.1. The summed E-state index contributed by atoms with van der Waals surface area (Å²) < 4.78 is 0. The molecule has 0 radical (unpaired) electrons. The van der Waals surface area contributed by atoms with E-state index in [1.807, 2.05) is 44.2 Å². The van der Waals surface area contributed by atoms with Crippen LogP contribution in [0.4, 0.5) is 10.5 Å². The minimum atomic E-state index is -0.665. The smallest absolute Gasteiger partial charge is 0.315 e. The monoisotopic (exact) mass is 309 g/mol. The zero-order valence-corrected chi connectivity index (χ0v) is 13.1. The molecule has 3 N–H and O–H groups in total. The Morgan fingerprint density at radius 2 is 1.83 bits per heavy atom. The van der Waals surface area contributed by atoms with Gasteiger partial charge in [-0.2, -0.15) is 0 Å². The third-order valence-corrected chi connectivity index (χ3v) is 3.88. The fraction of sp³-hybridized carbons (Fsp3) is 0.222. The number of hydrogen-bond donors (Lipinski definition) is 3. The first-order valence-corrected chi connectivity index (χ1v) is 7.64. The maximum atomic E-state index is 12.1. The molecule has 0 saturated carbocycles. The van der Waals surface area contributed by atoms with Crippen LogP contribution in [0.15, 0.2) is 42.5 Å². The molecule has 118 valence electrons. The lowest BCUT2D eigenvalue weighted by atomic mass is 9.99. The predicted molar refractivity (Wildman–Crippen MR) is 90.2 cm³/mol. The number of carbonyl (C=O) groups excluding carboxylic acids is 2. The van der Waals surface area contributed by atoms with Gasteiger partial charge in [0.1, 0.15) is 6.04 Å². The fourth-order valence-corrected chi connectivity index (χ4v) is 2.67. The molecule has 1 aliphatic heterocycles. The summed E-state index contributed by atoms with van der Waals surface area (Å²) in [6.45, 7) is 4.38. The Balaban J connectivity index is 1.92. The van der Waals surface area contributed by atoms with E-state index in [4.69, 9.17) is 0 Å². The number of fused-ring (bicyclic) bond motifs is 1. The van der Waals surface area contributed by atoms with Crippen molar-refractivity contribution in [2.75, 3.05) is 11.9 Å².